The summed E-state index contributed by atoms with van der Waals surface area (Å²) in [6.07, 6.45) is 10.9. The summed E-state index contributed by atoms with van der Waals surface area (Å²) in [7, 11) is 1.29. The number of nitrogens with zero attached hydrogens (tertiary/aromatic N) is 1. The second-order valence-corrected chi connectivity index (χ2v) is 8.45. The Hall–Kier alpha value is -1.79. The van der Waals surface area contributed by atoms with Crippen molar-refractivity contribution in [1.29, 1.82) is 0 Å². The molecule has 1 N–H and O–H groups in total. The van der Waals surface area contributed by atoms with Crippen molar-refractivity contribution in [2.45, 2.75) is 118 Å². The molecule has 1 aliphatic carbocycles. The highest BCUT2D eigenvalue weighted by Crippen LogP contribution is 2.18. The number of hydrogen-bond donors (Lipinski definition) is 1. The zero-order valence-electron chi connectivity index (χ0n) is 21.3. The Morgan fingerprint density at radius 3 is 1.77 bits per heavy atom. The second-order valence-electron chi connectivity index (χ2n) is 8.45. The SMILES string of the molecule is C1CCCCC1.CC.CCC.COC(=O)C1CCCN1C(=O)CNC(=O)OC(C)(C)C. The fraction of sp³-hybridized carbons (Fsp3) is 0.875. The maximum absolute atomic E-state index is 12.0. The van der Waals surface area contributed by atoms with E-state index in [4.69, 9.17) is 4.74 Å². The molecule has 0 spiro atoms. The summed E-state index contributed by atoms with van der Waals surface area (Å²) < 4.78 is 9.69. The number of carbonyl (C=O) groups is 3. The van der Waals surface area contributed by atoms with Gasteiger partial charge in [0.1, 0.15) is 18.2 Å². The van der Waals surface area contributed by atoms with E-state index in [0.717, 1.165) is 6.42 Å². The van der Waals surface area contributed by atoms with Crippen molar-refractivity contribution < 1.29 is 23.9 Å². The van der Waals surface area contributed by atoms with Crippen molar-refractivity contribution in [3.63, 3.8) is 0 Å². The Bertz CT molecular complexity index is 473. The van der Waals surface area contributed by atoms with Gasteiger partial charge in [0.05, 0.1) is 7.11 Å². The first-order valence-electron chi connectivity index (χ1n) is 12.0. The molecular weight excluding hydrogens is 396 g/mol. The van der Waals surface area contributed by atoms with Gasteiger partial charge < -0.3 is 19.7 Å². The van der Waals surface area contributed by atoms with Gasteiger partial charge in [0, 0.05) is 6.54 Å². The molecule has 0 aromatic heterocycles. The van der Waals surface area contributed by atoms with Crippen LogP contribution in [-0.4, -0.2) is 54.7 Å². The van der Waals surface area contributed by atoms with Gasteiger partial charge in [-0.1, -0.05) is 72.6 Å². The maximum Gasteiger partial charge on any atom is 0.408 e. The third-order valence-corrected chi connectivity index (χ3v) is 4.33. The average Bonchev–Trinajstić information content (AvgIpc) is 3.24. The van der Waals surface area contributed by atoms with Crippen LogP contribution in [0.25, 0.3) is 0 Å². The largest absolute Gasteiger partial charge is 0.467 e. The van der Waals surface area contributed by atoms with Gasteiger partial charge in [0.2, 0.25) is 5.91 Å². The summed E-state index contributed by atoms with van der Waals surface area (Å²) in [5.41, 5.74) is -0.616. The van der Waals surface area contributed by atoms with Crippen molar-refractivity contribution in [2.24, 2.45) is 0 Å². The van der Waals surface area contributed by atoms with Gasteiger partial charge in [-0.05, 0) is 33.6 Å². The molecule has 7 heteroatoms. The number of rotatable bonds is 3. The summed E-state index contributed by atoms with van der Waals surface area (Å²) >= 11 is 0. The smallest absolute Gasteiger partial charge is 0.408 e. The summed E-state index contributed by atoms with van der Waals surface area (Å²) in [6.45, 7) is 13.8. The van der Waals surface area contributed by atoms with Crippen LogP contribution in [0, 0.1) is 0 Å². The minimum atomic E-state index is -0.653. The molecular formula is C24H48N2O5. The fourth-order valence-electron chi connectivity index (χ4n) is 3.07. The maximum atomic E-state index is 12.0. The fourth-order valence-corrected chi connectivity index (χ4v) is 3.07. The molecule has 1 unspecified atom stereocenters. The van der Waals surface area contributed by atoms with E-state index in [1.807, 2.05) is 13.8 Å². The van der Waals surface area contributed by atoms with Crippen LogP contribution < -0.4 is 5.32 Å². The van der Waals surface area contributed by atoms with Crippen LogP contribution in [0.5, 0.6) is 0 Å². The van der Waals surface area contributed by atoms with E-state index >= 15 is 0 Å². The minimum Gasteiger partial charge on any atom is -0.467 e. The summed E-state index contributed by atoms with van der Waals surface area (Å²) in [4.78, 5) is 36.4. The normalized spacial score (nSPS) is 17.4. The Kier molecular flexibility index (Phi) is 19.2. The number of methoxy groups -OCH3 is 1. The summed E-state index contributed by atoms with van der Waals surface area (Å²) in [5, 5.41) is 2.39. The highest BCUT2D eigenvalue weighted by molar-refractivity contribution is 5.87. The summed E-state index contributed by atoms with van der Waals surface area (Å²) in [6, 6.07) is -0.548. The molecule has 2 aliphatic rings. The first kappa shape index (κ1) is 31.4. The Labute approximate surface area is 190 Å². The third kappa shape index (κ3) is 16.6. The van der Waals surface area contributed by atoms with E-state index in [9.17, 15) is 14.4 Å². The van der Waals surface area contributed by atoms with Gasteiger partial charge >= 0.3 is 12.1 Å². The third-order valence-electron chi connectivity index (χ3n) is 4.33. The van der Waals surface area contributed by atoms with Crippen LogP contribution in [-0.2, 0) is 19.1 Å². The molecule has 0 bridgehead atoms. The Morgan fingerprint density at radius 1 is 0.935 bits per heavy atom. The van der Waals surface area contributed by atoms with Crippen LogP contribution >= 0.6 is 0 Å². The van der Waals surface area contributed by atoms with Crippen LogP contribution in [0.3, 0.4) is 0 Å². The van der Waals surface area contributed by atoms with Crippen LogP contribution in [0.15, 0.2) is 0 Å². The molecule has 31 heavy (non-hydrogen) atoms. The zero-order valence-corrected chi connectivity index (χ0v) is 21.3. The molecule has 7 nitrogen and oxygen atoms in total. The number of esters is 1. The number of likely N-dealkylation sites (tertiary alicyclic amines) is 1. The monoisotopic (exact) mass is 444 g/mol. The molecule has 1 saturated heterocycles. The number of hydrogen-bond acceptors (Lipinski definition) is 5. The average molecular weight is 445 g/mol. The zero-order chi connectivity index (χ0) is 24.3. The molecule has 2 rings (SSSR count). The molecule has 184 valence electrons. The van der Waals surface area contributed by atoms with E-state index in [2.05, 4.69) is 23.9 Å². The molecule has 2 fully saturated rings. The molecule has 0 aromatic rings. The molecule has 1 aliphatic heterocycles. The molecule has 1 atom stereocenters. The highest BCUT2D eigenvalue weighted by atomic mass is 16.6. The predicted molar refractivity (Wildman–Crippen MR) is 126 cm³/mol. The van der Waals surface area contributed by atoms with Gasteiger partial charge in [-0.2, -0.15) is 0 Å². The standard InChI is InChI=1S/C13H22N2O5.C6H12.C3H8.C2H6/c1-13(2,3)20-12(18)14-8-10(16)15-7-5-6-9(15)11(17)19-4;1-2-4-6-5-3-1;1-3-2;1-2/h9H,5-8H2,1-4H3,(H,14,18);1-6H2;3H2,1-2H3;1-2H3. The van der Waals surface area contributed by atoms with Gasteiger partial charge in [0.25, 0.3) is 0 Å². The number of alkyl carbamates (subject to hydrolysis) is 1. The Morgan fingerprint density at radius 2 is 1.39 bits per heavy atom. The molecule has 0 radical (unpaired) electrons. The first-order chi connectivity index (χ1) is 14.7. The second kappa shape index (κ2) is 18.9. The number of ether oxygens (including phenoxy) is 2. The lowest BCUT2D eigenvalue weighted by molar-refractivity contribution is -0.150. The summed E-state index contributed by atoms with van der Waals surface area (Å²) in [5.74, 6) is -0.739. The predicted octanol–water partition coefficient (Wildman–Crippen LogP) is 5.46. The lowest BCUT2D eigenvalue weighted by Crippen LogP contribution is -2.46. The van der Waals surface area contributed by atoms with Gasteiger partial charge in [-0.3, -0.25) is 4.79 Å². The number of carbonyl (C=O) groups excluding carboxylic acids is 3. The van der Waals surface area contributed by atoms with Crippen molar-refractivity contribution in [3.05, 3.63) is 0 Å². The van der Waals surface area contributed by atoms with E-state index in [0.29, 0.717) is 13.0 Å². The van der Waals surface area contributed by atoms with Gasteiger partial charge in [0.15, 0.2) is 0 Å². The molecule has 1 saturated carbocycles. The quantitative estimate of drug-likeness (QED) is 0.584. The van der Waals surface area contributed by atoms with Crippen LogP contribution in [0.1, 0.15) is 106 Å². The van der Waals surface area contributed by atoms with Crippen molar-refractivity contribution in [2.75, 3.05) is 20.2 Å². The van der Waals surface area contributed by atoms with Crippen molar-refractivity contribution in [3.8, 4) is 0 Å². The van der Waals surface area contributed by atoms with Gasteiger partial charge in [-0.15, -0.1) is 0 Å². The van der Waals surface area contributed by atoms with E-state index in [1.54, 1.807) is 20.8 Å². The minimum absolute atomic E-state index is 0.192. The molecule has 1 heterocycles. The first-order valence-corrected chi connectivity index (χ1v) is 12.0. The highest BCUT2D eigenvalue weighted by Gasteiger charge is 2.34. The molecule has 2 amide bonds. The van der Waals surface area contributed by atoms with E-state index < -0.39 is 23.7 Å². The van der Waals surface area contributed by atoms with Gasteiger partial charge in [-0.25, -0.2) is 9.59 Å². The lowest BCUT2D eigenvalue weighted by Gasteiger charge is -2.23. The number of amides is 2. The lowest BCUT2D eigenvalue weighted by atomic mass is 10.0. The molecule has 0 aromatic carbocycles. The van der Waals surface area contributed by atoms with Crippen molar-refractivity contribution >= 4 is 18.0 Å². The van der Waals surface area contributed by atoms with Crippen molar-refractivity contribution in [1.82, 2.24) is 10.2 Å². The van der Waals surface area contributed by atoms with E-state index in [1.165, 1.54) is 57.0 Å². The van der Waals surface area contributed by atoms with Crippen LogP contribution in [0.4, 0.5) is 4.79 Å². The Balaban J connectivity index is 0. The van der Waals surface area contributed by atoms with Crippen LogP contribution in [0.2, 0.25) is 0 Å². The van der Waals surface area contributed by atoms with E-state index in [-0.39, 0.29) is 12.5 Å². The topological polar surface area (TPSA) is 84.9 Å². The number of nitrogens with one attached hydrogen (secondary N) is 1.